The summed E-state index contributed by atoms with van der Waals surface area (Å²) in [6.07, 6.45) is 4.18. The van der Waals surface area contributed by atoms with Gasteiger partial charge in [0.2, 0.25) is 0 Å². The van der Waals surface area contributed by atoms with Crippen molar-refractivity contribution < 1.29 is 4.74 Å². The molecule has 1 aromatic carbocycles. The molecular formula is C18H23N3OS. The van der Waals surface area contributed by atoms with Crippen molar-refractivity contribution in [3.8, 4) is 6.07 Å². The predicted molar refractivity (Wildman–Crippen MR) is 94.1 cm³/mol. The van der Waals surface area contributed by atoms with Crippen LogP contribution in [0, 0.1) is 11.3 Å². The lowest BCUT2D eigenvalue weighted by Gasteiger charge is -2.39. The number of ether oxygens (including phenoxy) is 1. The molecule has 0 aliphatic carbocycles. The Kier molecular flexibility index (Phi) is 5.14. The lowest BCUT2D eigenvalue weighted by Crippen LogP contribution is -2.49. The first kappa shape index (κ1) is 16.2. The monoisotopic (exact) mass is 329 g/mol. The van der Waals surface area contributed by atoms with Gasteiger partial charge in [0.25, 0.3) is 0 Å². The SMILES string of the molecule is N#CC1(c2ccccc2)CCN(C(=S)NCC2CCCO2)CC1. The summed E-state index contributed by atoms with van der Waals surface area (Å²) < 4.78 is 5.62. The highest BCUT2D eigenvalue weighted by atomic mass is 32.1. The Labute approximate surface area is 143 Å². The van der Waals surface area contributed by atoms with Crippen LogP contribution < -0.4 is 5.32 Å². The number of thiocarbonyl (C=S) groups is 1. The summed E-state index contributed by atoms with van der Waals surface area (Å²) in [5.41, 5.74) is 0.752. The number of nitrogens with zero attached hydrogens (tertiary/aromatic N) is 2. The summed E-state index contributed by atoms with van der Waals surface area (Å²) in [7, 11) is 0. The third-order valence-electron chi connectivity index (χ3n) is 4.95. The molecule has 122 valence electrons. The highest BCUT2D eigenvalue weighted by Gasteiger charge is 2.37. The van der Waals surface area contributed by atoms with Crippen LogP contribution in [-0.4, -0.2) is 42.4 Å². The number of piperidine rings is 1. The first-order chi connectivity index (χ1) is 11.2. The van der Waals surface area contributed by atoms with Crippen LogP contribution in [-0.2, 0) is 10.2 Å². The van der Waals surface area contributed by atoms with E-state index in [0.717, 1.165) is 62.6 Å². The van der Waals surface area contributed by atoms with E-state index < -0.39 is 0 Å². The zero-order chi connectivity index (χ0) is 16.1. The quantitative estimate of drug-likeness (QED) is 0.864. The minimum absolute atomic E-state index is 0.292. The van der Waals surface area contributed by atoms with Crippen LogP contribution >= 0.6 is 12.2 Å². The van der Waals surface area contributed by atoms with Crippen molar-refractivity contribution in [1.29, 1.82) is 5.26 Å². The number of hydrogen-bond donors (Lipinski definition) is 1. The lowest BCUT2D eigenvalue weighted by atomic mass is 9.74. The van der Waals surface area contributed by atoms with Crippen molar-refractivity contribution in [3.05, 3.63) is 35.9 Å². The van der Waals surface area contributed by atoms with Gasteiger partial charge in [-0.15, -0.1) is 0 Å². The average molecular weight is 329 g/mol. The molecule has 1 unspecified atom stereocenters. The number of benzene rings is 1. The number of rotatable bonds is 3. The Balaban J connectivity index is 1.55. The third kappa shape index (κ3) is 3.65. The van der Waals surface area contributed by atoms with Gasteiger partial charge in [-0.3, -0.25) is 0 Å². The van der Waals surface area contributed by atoms with Gasteiger partial charge in [-0.05, 0) is 43.5 Å². The molecule has 4 nitrogen and oxygen atoms in total. The third-order valence-corrected chi connectivity index (χ3v) is 5.35. The number of nitriles is 1. The molecule has 0 saturated carbocycles. The Hall–Kier alpha value is -1.64. The maximum absolute atomic E-state index is 9.73. The Bertz CT molecular complexity index is 570. The first-order valence-electron chi connectivity index (χ1n) is 8.35. The van der Waals surface area contributed by atoms with E-state index in [1.54, 1.807) is 0 Å². The van der Waals surface area contributed by atoms with E-state index in [2.05, 4.69) is 28.4 Å². The van der Waals surface area contributed by atoms with Gasteiger partial charge in [0.05, 0.1) is 17.6 Å². The molecule has 0 bridgehead atoms. The Morgan fingerprint density at radius 2 is 2.09 bits per heavy atom. The van der Waals surface area contributed by atoms with E-state index in [0.29, 0.717) is 6.10 Å². The molecule has 0 amide bonds. The first-order valence-corrected chi connectivity index (χ1v) is 8.75. The molecule has 0 aromatic heterocycles. The van der Waals surface area contributed by atoms with Crippen molar-refractivity contribution in [2.75, 3.05) is 26.2 Å². The van der Waals surface area contributed by atoms with Gasteiger partial charge in [-0.1, -0.05) is 30.3 Å². The van der Waals surface area contributed by atoms with Crippen LogP contribution in [0.1, 0.15) is 31.2 Å². The summed E-state index contributed by atoms with van der Waals surface area (Å²) >= 11 is 5.51. The van der Waals surface area contributed by atoms with Crippen LogP contribution in [0.3, 0.4) is 0 Å². The van der Waals surface area contributed by atoms with Crippen LogP contribution in [0.15, 0.2) is 30.3 Å². The molecule has 2 heterocycles. The zero-order valence-electron chi connectivity index (χ0n) is 13.3. The van der Waals surface area contributed by atoms with Gasteiger partial charge in [0.1, 0.15) is 0 Å². The van der Waals surface area contributed by atoms with E-state index in [1.807, 2.05) is 18.2 Å². The van der Waals surface area contributed by atoms with Crippen LogP contribution in [0.5, 0.6) is 0 Å². The Morgan fingerprint density at radius 1 is 1.35 bits per heavy atom. The smallest absolute Gasteiger partial charge is 0.169 e. The second kappa shape index (κ2) is 7.29. The largest absolute Gasteiger partial charge is 0.376 e. The van der Waals surface area contributed by atoms with Crippen molar-refractivity contribution >= 4 is 17.3 Å². The standard InChI is InChI=1S/C18H23N3OS/c19-14-18(15-5-2-1-3-6-15)8-10-21(11-9-18)17(23)20-13-16-7-4-12-22-16/h1-3,5-6,16H,4,7-13H2,(H,20,23). The molecule has 2 aliphatic rings. The molecule has 0 radical (unpaired) electrons. The lowest BCUT2D eigenvalue weighted by molar-refractivity contribution is 0.113. The van der Waals surface area contributed by atoms with Gasteiger partial charge in [0, 0.05) is 26.2 Å². The van der Waals surface area contributed by atoms with Crippen LogP contribution in [0.2, 0.25) is 0 Å². The number of hydrogen-bond acceptors (Lipinski definition) is 3. The van der Waals surface area contributed by atoms with Crippen molar-refractivity contribution in [3.63, 3.8) is 0 Å². The molecule has 23 heavy (non-hydrogen) atoms. The maximum Gasteiger partial charge on any atom is 0.169 e. The molecule has 2 fully saturated rings. The molecule has 1 atom stereocenters. The van der Waals surface area contributed by atoms with Crippen molar-refractivity contribution in [2.24, 2.45) is 0 Å². The molecule has 1 aromatic rings. The van der Waals surface area contributed by atoms with E-state index >= 15 is 0 Å². The molecule has 5 heteroatoms. The molecule has 2 aliphatic heterocycles. The topological polar surface area (TPSA) is 48.3 Å². The van der Waals surface area contributed by atoms with Gasteiger partial charge in [-0.2, -0.15) is 5.26 Å². The van der Waals surface area contributed by atoms with E-state index in [-0.39, 0.29) is 5.41 Å². The molecular weight excluding hydrogens is 306 g/mol. The normalized spacial score (nSPS) is 23.3. The summed E-state index contributed by atoms with van der Waals surface area (Å²) in [6.45, 7) is 3.29. The van der Waals surface area contributed by atoms with E-state index in [4.69, 9.17) is 17.0 Å². The van der Waals surface area contributed by atoms with Gasteiger partial charge in [0.15, 0.2) is 5.11 Å². The minimum atomic E-state index is -0.373. The fourth-order valence-corrected chi connectivity index (χ4v) is 3.70. The average Bonchev–Trinajstić information content (AvgIpc) is 3.14. The van der Waals surface area contributed by atoms with Crippen LogP contribution in [0.4, 0.5) is 0 Å². The highest BCUT2D eigenvalue weighted by molar-refractivity contribution is 7.80. The second-order valence-corrected chi connectivity index (χ2v) is 6.75. The second-order valence-electron chi connectivity index (χ2n) is 6.37. The highest BCUT2D eigenvalue weighted by Crippen LogP contribution is 2.34. The maximum atomic E-state index is 9.73. The molecule has 3 rings (SSSR count). The molecule has 0 spiro atoms. The summed E-state index contributed by atoms with van der Waals surface area (Å²) in [4.78, 5) is 2.18. The van der Waals surface area contributed by atoms with E-state index in [9.17, 15) is 5.26 Å². The number of likely N-dealkylation sites (tertiary alicyclic amines) is 1. The fourth-order valence-electron chi connectivity index (χ4n) is 3.43. The van der Waals surface area contributed by atoms with Gasteiger partial charge in [-0.25, -0.2) is 0 Å². The molecule has 1 N–H and O–H groups in total. The van der Waals surface area contributed by atoms with Gasteiger partial charge >= 0.3 is 0 Å². The Morgan fingerprint density at radius 3 is 2.70 bits per heavy atom. The fraction of sp³-hybridized carbons (Fsp3) is 0.556. The summed E-state index contributed by atoms with van der Waals surface area (Å²) in [6, 6.07) is 12.7. The van der Waals surface area contributed by atoms with Crippen LogP contribution in [0.25, 0.3) is 0 Å². The van der Waals surface area contributed by atoms with Gasteiger partial charge < -0.3 is 15.0 Å². The minimum Gasteiger partial charge on any atom is -0.376 e. The molecule has 2 saturated heterocycles. The summed E-state index contributed by atoms with van der Waals surface area (Å²) in [5.74, 6) is 0. The van der Waals surface area contributed by atoms with E-state index in [1.165, 1.54) is 0 Å². The zero-order valence-corrected chi connectivity index (χ0v) is 14.1. The summed E-state index contributed by atoms with van der Waals surface area (Å²) in [5, 5.41) is 13.9. The van der Waals surface area contributed by atoms with Crippen molar-refractivity contribution in [1.82, 2.24) is 10.2 Å². The van der Waals surface area contributed by atoms with Crippen molar-refractivity contribution in [2.45, 2.75) is 37.2 Å². The predicted octanol–water partition coefficient (Wildman–Crippen LogP) is 2.60. The number of nitrogens with one attached hydrogen (secondary N) is 1.